The molecule has 1 saturated carbocycles. The standard InChI is InChI=1S/C27H31N5O/c33-25-17-32(13-11-24(25)31-12-10-19-4-1-2-5-22(19)16-31)27-15-26(28-18-29-27)30-23-7-3-6-21(14-23)20-8-9-20/h1-7,14-15,18,20,24-25,33H,8-13,16-17H2,(H,28,29,30)/t24?,25-/m0/s1. The van der Waals surface area contributed by atoms with Crippen LogP contribution in [0.2, 0.25) is 0 Å². The highest BCUT2D eigenvalue weighted by Crippen LogP contribution is 2.40. The maximum absolute atomic E-state index is 11.1. The Morgan fingerprint density at radius 1 is 0.909 bits per heavy atom. The number of fused-ring (bicyclic) bond motifs is 1. The molecule has 1 unspecified atom stereocenters. The normalized spacial score (nSPS) is 23.2. The van der Waals surface area contributed by atoms with Gasteiger partial charge in [0.2, 0.25) is 0 Å². The summed E-state index contributed by atoms with van der Waals surface area (Å²) in [5.41, 5.74) is 5.31. The number of nitrogens with one attached hydrogen (secondary N) is 1. The first-order chi connectivity index (χ1) is 16.2. The van der Waals surface area contributed by atoms with Crippen LogP contribution in [-0.4, -0.2) is 51.8 Å². The Bertz CT molecular complexity index is 1130. The second-order valence-corrected chi connectivity index (χ2v) is 9.64. The van der Waals surface area contributed by atoms with E-state index in [1.165, 1.54) is 29.5 Å². The molecule has 33 heavy (non-hydrogen) atoms. The number of aliphatic hydroxyl groups excluding tert-OH is 1. The lowest BCUT2D eigenvalue weighted by Crippen LogP contribution is -2.55. The van der Waals surface area contributed by atoms with Crippen molar-refractivity contribution in [1.29, 1.82) is 0 Å². The molecule has 170 valence electrons. The number of aromatic nitrogens is 2. The molecule has 6 nitrogen and oxygen atoms in total. The van der Waals surface area contributed by atoms with Crippen molar-refractivity contribution in [3.05, 3.63) is 77.6 Å². The third-order valence-corrected chi connectivity index (χ3v) is 7.36. The van der Waals surface area contributed by atoms with Crippen LogP contribution in [-0.2, 0) is 13.0 Å². The number of benzene rings is 2. The van der Waals surface area contributed by atoms with Gasteiger partial charge in [0.1, 0.15) is 18.0 Å². The zero-order valence-corrected chi connectivity index (χ0v) is 18.9. The molecular weight excluding hydrogens is 410 g/mol. The molecule has 3 heterocycles. The van der Waals surface area contributed by atoms with Gasteiger partial charge in [-0.15, -0.1) is 0 Å². The Morgan fingerprint density at radius 2 is 1.79 bits per heavy atom. The first-order valence-electron chi connectivity index (χ1n) is 12.2. The number of rotatable bonds is 5. The molecule has 2 N–H and O–H groups in total. The molecule has 1 aromatic heterocycles. The van der Waals surface area contributed by atoms with E-state index in [4.69, 9.17) is 0 Å². The molecule has 0 spiro atoms. The first kappa shape index (κ1) is 20.6. The van der Waals surface area contributed by atoms with Crippen LogP contribution in [0, 0.1) is 0 Å². The molecule has 6 rings (SSSR count). The van der Waals surface area contributed by atoms with Crippen molar-refractivity contribution in [2.45, 2.75) is 50.3 Å². The fourth-order valence-electron chi connectivity index (χ4n) is 5.38. The van der Waals surface area contributed by atoms with Crippen molar-refractivity contribution in [1.82, 2.24) is 14.9 Å². The van der Waals surface area contributed by atoms with Crippen LogP contribution >= 0.6 is 0 Å². The highest BCUT2D eigenvalue weighted by molar-refractivity contribution is 5.60. The van der Waals surface area contributed by atoms with Gasteiger partial charge in [-0.25, -0.2) is 9.97 Å². The lowest BCUT2D eigenvalue weighted by atomic mass is 9.94. The minimum Gasteiger partial charge on any atom is -0.390 e. The van der Waals surface area contributed by atoms with Gasteiger partial charge in [0.25, 0.3) is 0 Å². The maximum Gasteiger partial charge on any atom is 0.135 e. The average molecular weight is 442 g/mol. The summed E-state index contributed by atoms with van der Waals surface area (Å²) in [6.07, 6.45) is 5.80. The van der Waals surface area contributed by atoms with Crippen molar-refractivity contribution in [2.24, 2.45) is 0 Å². The smallest absolute Gasteiger partial charge is 0.135 e. The predicted octanol–water partition coefficient (Wildman–Crippen LogP) is 4.10. The summed E-state index contributed by atoms with van der Waals surface area (Å²) in [5, 5.41) is 14.5. The number of nitrogens with zero attached hydrogens (tertiary/aromatic N) is 4. The van der Waals surface area contributed by atoms with E-state index in [9.17, 15) is 5.11 Å². The molecule has 0 amide bonds. The predicted molar refractivity (Wildman–Crippen MR) is 131 cm³/mol. The number of hydrogen-bond donors (Lipinski definition) is 2. The quantitative estimate of drug-likeness (QED) is 0.622. The summed E-state index contributed by atoms with van der Waals surface area (Å²) < 4.78 is 0. The van der Waals surface area contributed by atoms with Gasteiger partial charge in [-0.3, -0.25) is 4.90 Å². The molecule has 2 fully saturated rings. The summed E-state index contributed by atoms with van der Waals surface area (Å²) in [4.78, 5) is 13.6. The van der Waals surface area contributed by atoms with Crippen LogP contribution in [0.15, 0.2) is 60.9 Å². The minimum atomic E-state index is -0.398. The Kier molecular flexibility index (Phi) is 5.48. The van der Waals surface area contributed by atoms with Gasteiger partial charge in [-0.1, -0.05) is 36.4 Å². The third kappa shape index (κ3) is 4.45. The van der Waals surface area contributed by atoms with E-state index in [2.05, 4.69) is 73.6 Å². The van der Waals surface area contributed by atoms with Gasteiger partial charge in [0.05, 0.1) is 6.10 Å². The van der Waals surface area contributed by atoms with E-state index in [1.807, 2.05) is 6.07 Å². The van der Waals surface area contributed by atoms with Crippen LogP contribution < -0.4 is 10.2 Å². The van der Waals surface area contributed by atoms with E-state index in [1.54, 1.807) is 6.33 Å². The summed E-state index contributed by atoms with van der Waals surface area (Å²) in [5.74, 6) is 2.38. The van der Waals surface area contributed by atoms with E-state index in [0.29, 0.717) is 6.54 Å². The van der Waals surface area contributed by atoms with Gasteiger partial charge in [-0.05, 0) is 60.4 Å². The topological polar surface area (TPSA) is 64.5 Å². The average Bonchev–Trinajstić information content (AvgIpc) is 3.70. The number of β-amino-alcohol motifs (C(OH)–C–C–N with tert-alkyl or cyclic N) is 1. The number of hydrogen-bond acceptors (Lipinski definition) is 6. The Balaban J connectivity index is 1.11. The molecule has 2 atom stereocenters. The highest BCUT2D eigenvalue weighted by atomic mass is 16.3. The third-order valence-electron chi connectivity index (χ3n) is 7.36. The van der Waals surface area contributed by atoms with Gasteiger partial charge in [0.15, 0.2) is 0 Å². The van der Waals surface area contributed by atoms with Crippen molar-refractivity contribution < 1.29 is 5.11 Å². The molecule has 1 saturated heterocycles. The summed E-state index contributed by atoms with van der Waals surface area (Å²) >= 11 is 0. The fraction of sp³-hybridized carbons (Fsp3) is 0.407. The van der Waals surface area contributed by atoms with Crippen LogP contribution in [0.1, 0.15) is 41.9 Å². The molecule has 0 bridgehead atoms. The van der Waals surface area contributed by atoms with Crippen molar-refractivity contribution in [2.75, 3.05) is 29.9 Å². The van der Waals surface area contributed by atoms with E-state index >= 15 is 0 Å². The van der Waals surface area contributed by atoms with Crippen LogP contribution in [0.4, 0.5) is 17.3 Å². The molecule has 3 aromatic rings. The van der Waals surface area contributed by atoms with Crippen LogP contribution in [0.3, 0.4) is 0 Å². The molecular formula is C27H31N5O. The largest absolute Gasteiger partial charge is 0.390 e. The zero-order chi connectivity index (χ0) is 22.2. The summed E-state index contributed by atoms with van der Waals surface area (Å²) in [6, 6.07) is 19.5. The van der Waals surface area contributed by atoms with E-state index in [-0.39, 0.29) is 6.04 Å². The fourth-order valence-corrected chi connectivity index (χ4v) is 5.38. The SMILES string of the molecule is O[C@H]1CN(c2cc(Nc3cccc(C4CC4)c3)ncn2)CCC1N1CCc2ccccc2C1. The van der Waals surface area contributed by atoms with Crippen LogP contribution in [0.25, 0.3) is 0 Å². The summed E-state index contributed by atoms with van der Waals surface area (Å²) in [7, 11) is 0. The van der Waals surface area contributed by atoms with E-state index in [0.717, 1.165) is 55.7 Å². The highest BCUT2D eigenvalue weighted by Gasteiger charge is 2.34. The lowest BCUT2D eigenvalue weighted by molar-refractivity contribution is 0.0293. The van der Waals surface area contributed by atoms with Crippen LogP contribution in [0.5, 0.6) is 0 Å². The second-order valence-electron chi connectivity index (χ2n) is 9.64. The monoisotopic (exact) mass is 441 g/mol. The Hall–Kier alpha value is -2.96. The Morgan fingerprint density at radius 3 is 2.64 bits per heavy atom. The lowest BCUT2D eigenvalue weighted by Gasteiger charge is -2.43. The summed E-state index contributed by atoms with van der Waals surface area (Å²) in [6.45, 7) is 3.42. The van der Waals surface area contributed by atoms with Crippen molar-refractivity contribution >= 4 is 17.3 Å². The zero-order valence-electron chi connectivity index (χ0n) is 18.9. The number of anilines is 3. The molecule has 6 heteroatoms. The Labute approximate surface area is 195 Å². The molecule has 1 aliphatic carbocycles. The van der Waals surface area contributed by atoms with Crippen molar-refractivity contribution in [3.63, 3.8) is 0 Å². The number of aliphatic hydroxyl groups is 1. The van der Waals surface area contributed by atoms with Crippen molar-refractivity contribution in [3.8, 4) is 0 Å². The van der Waals surface area contributed by atoms with Gasteiger partial charge in [-0.2, -0.15) is 0 Å². The molecule has 2 aliphatic heterocycles. The first-order valence-corrected chi connectivity index (χ1v) is 12.2. The van der Waals surface area contributed by atoms with Gasteiger partial charge >= 0.3 is 0 Å². The second kappa shape index (κ2) is 8.76. The van der Waals surface area contributed by atoms with Gasteiger partial charge in [0, 0.05) is 44.0 Å². The molecule has 2 aromatic carbocycles. The van der Waals surface area contributed by atoms with Gasteiger partial charge < -0.3 is 15.3 Å². The number of piperidine rings is 1. The molecule has 3 aliphatic rings. The molecule has 0 radical (unpaired) electrons. The van der Waals surface area contributed by atoms with E-state index < -0.39 is 6.10 Å². The minimum absolute atomic E-state index is 0.194. The maximum atomic E-state index is 11.1.